The Morgan fingerprint density at radius 1 is 1.50 bits per heavy atom. The summed E-state index contributed by atoms with van der Waals surface area (Å²) in [6.07, 6.45) is 1.12. The zero-order valence-corrected chi connectivity index (χ0v) is 10.6. The lowest BCUT2D eigenvalue weighted by atomic mass is 10.0. The van der Waals surface area contributed by atoms with Gasteiger partial charge in [-0.05, 0) is 18.8 Å². The predicted octanol–water partition coefficient (Wildman–Crippen LogP) is -0.337. The lowest BCUT2D eigenvalue weighted by molar-refractivity contribution is -0.123. The Balaban J connectivity index is 2.41. The summed E-state index contributed by atoms with van der Waals surface area (Å²) in [4.78, 5) is 11.6. The topological polar surface area (TPSA) is 89.3 Å². The molecule has 6 heteroatoms. The SMILES string of the molecule is CC(C)C[C@H](N)C(=O)NC1CCS(=O)(=O)C1. The van der Waals surface area contributed by atoms with E-state index in [2.05, 4.69) is 5.32 Å². The maximum Gasteiger partial charge on any atom is 0.237 e. The van der Waals surface area contributed by atoms with Crippen LogP contribution in [0.2, 0.25) is 0 Å². The van der Waals surface area contributed by atoms with E-state index in [1.54, 1.807) is 0 Å². The van der Waals surface area contributed by atoms with Crippen LogP contribution in [0.1, 0.15) is 26.7 Å². The Morgan fingerprint density at radius 2 is 2.12 bits per heavy atom. The molecule has 1 heterocycles. The van der Waals surface area contributed by atoms with Crippen molar-refractivity contribution in [3.05, 3.63) is 0 Å². The van der Waals surface area contributed by atoms with Gasteiger partial charge >= 0.3 is 0 Å². The van der Waals surface area contributed by atoms with Crippen molar-refractivity contribution < 1.29 is 13.2 Å². The summed E-state index contributed by atoms with van der Waals surface area (Å²) in [5, 5.41) is 2.70. The minimum atomic E-state index is -2.95. The molecule has 2 atom stereocenters. The molecule has 16 heavy (non-hydrogen) atoms. The summed E-state index contributed by atoms with van der Waals surface area (Å²) in [7, 11) is -2.95. The van der Waals surface area contributed by atoms with Crippen LogP contribution >= 0.6 is 0 Å². The van der Waals surface area contributed by atoms with Crippen LogP contribution in [0.25, 0.3) is 0 Å². The number of hydrogen-bond acceptors (Lipinski definition) is 4. The van der Waals surface area contributed by atoms with Gasteiger partial charge in [0.25, 0.3) is 0 Å². The first-order valence-electron chi connectivity index (χ1n) is 5.56. The monoisotopic (exact) mass is 248 g/mol. The highest BCUT2D eigenvalue weighted by molar-refractivity contribution is 7.91. The van der Waals surface area contributed by atoms with Crippen molar-refractivity contribution in [3.63, 3.8) is 0 Å². The van der Waals surface area contributed by atoms with E-state index in [4.69, 9.17) is 5.73 Å². The van der Waals surface area contributed by atoms with Gasteiger partial charge in [-0.25, -0.2) is 8.42 Å². The second-order valence-corrected chi connectivity index (χ2v) is 7.07. The molecule has 3 N–H and O–H groups in total. The smallest absolute Gasteiger partial charge is 0.237 e. The molecule has 94 valence electrons. The standard InChI is InChI=1S/C10H20N2O3S/c1-7(2)5-9(11)10(13)12-8-3-4-16(14,15)6-8/h7-9H,3-6,11H2,1-2H3,(H,12,13)/t8?,9-/m0/s1. The molecule has 0 aromatic carbocycles. The number of nitrogens with two attached hydrogens (primary N) is 1. The maximum absolute atomic E-state index is 11.6. The van der Waals surface area contributed by atoms with E-state index in [0.717, 1.165) is 0 Å². The van der Waals surface area contributed by atoms with E-state index < -0.39 is 15.9 Å². The third kappa shape index (κ3) is 4.09. The van der Waals surface area contributed by atoms with Crippen LogP contribution in [0.3, 0.4) is 0 Å². The van der Waals surface area contributed by atoms with Gasteiger partial charge in [0.05, 0.1) is 17.5 Å². The predicted molar refractivity (Wildman–Crippen MR) is 62.6 cm³/mol. The average molecular weight is 248 g/mol. The summed E-state index contributed by atoms with van der Waals surface area (Å²) in [6.45, 7) is 3.99. The summed E-state index contributed by atoms with van der Waals surface area (Å²) >= 11 is 0. The van der Waals surface area contributed by atoms with Gasteiger partial charge in [0.1, 0.15) is 0 Å². The number of carbonyl (C=O) groups is 1. The molecule has 1 rings (SSSR count). The minimum Gasteiger partial charge on any atom is -0.351 e. The minimum absolute atomic E-state index is 0.0487. The van der Waals surface area contributed by atoms with Crippen LogP contribution in [-0.2, 0) is 14.6 Å². The Morgan fingerprint density at radius 3 is 2.56 bits per heavy atom. The van der Waals surface area contributed by atoms with Gasteiger partial charge in [0.15, 0.2) is 9.84 Å². The van der Waals surface area contributed by atoms with E-state index in [0.29, 0.717) is 18.8 Å². The van der Waals surface area contributed by atoms with Gasteiger partial charge < -0.3 is 11.1 Å². The largest absolute Gasteiger partial charge is 0.351 e. The molecular weight excluding hydrogens is 228 g/mol. The molecule has 0 saturated carbocycles. The molecule has 1 fully saturated rings. The number of nitrogens with one attached hydrogen (secondary N) is 1. The van der Waals surface area contributed by atoms with E-state index in [9.17, 15) is 13.2 Å². The van der Waals surface area contributed by atoms with E-state index in [1.165, 1.54) is 0 Å². The second-order valence-electron chi connectivity index (χ2n) is 4.84. The van der Waals surface area contributed by atoms with Crippen molar-refractivity contribution in [1.82, 2.24) is 5.32 Å². The Bertz CT molecular complexity index is 351. The molecule has 0 bridgehead atoms. The molecule has 0 spiro atoms. The summed E-state index contributed by atoms with van der Waals surface area (Å²) in [6, 6.07) is -0.793. The first-order valence-corrected chi connectivity index (χ1v) is 7.38. The van der Waals surface area contributed by atoms with Gasteiger partial charge in [-0.15, -0.1) is 0 Å². The van der Waals surface area contributed by atoms with Gasteiger partial charge in [-0.3, -0.25) is 4.79 Å². The van der Waals surface area contributed by atoms with Gasteiger partial charge in [0, 0.05) is 6.04 Å². The first-order chi connectivity index (χ1) is 7.30. The number of carbonyl (C=O) groups excluding carboxylic acids is 1. The highest BCUT2D eigenvalue weighted by Crippen LogP contribution is 2.12. The number of rotatable bonds is 4. The van der Waals surface area contributed by atoms with Crippen molar-refractivity contribution >= 4 is 15.7 Å². The zero-order chi connectivity index (χ0) is 12.3. The van der Waals surface area contributed by atoms with Crippen molar-refractivity contribution in [2.24, 2.45) is 11.7 Å². The first kappa shape index (κ1) is 13.4. The van der Waals surface area contributed by atoms with Crippen LogP contribution in [0.15, 0.2) is 0 Å². The summed E-state index contributed by atoms with van der Waals surface area (Å²) in [5.41, 5.74) is 5.70. The van der Waals surface area contributed by atoms with Crippen molar-refractivity contribution in [2.75, 3.05) is 11.5 Å². The fraction of sp³-hybridized carbons (Fsp3) is 0.900. The third-order valence-corrected chi connectivity index (χ3v) is 4.41. The molecule has 1 amide bonds. The number of hydrogen-bond donors (Lipinski definition) is 2. The van der Waals surface area contributed by atoms with Crippen LogP contribution in [0.4, 0.5) is 0 Å². The van der Waals surface area contributed by atoms with E-state index >= 15 is 0 Å². The third-order valence-electron chi connectivity index (χ3n) is 2.64. The Labute approximate surface area is 96.7 Å². The average Bonchev–Trinajstić information content (AvgIpc) is 2.44. The highest BCUT2D eigenvalue weighted by atomic mass is 32.2. The molecule has 1 saturated heterocycles. The molecule has 1 aliphatic heterocycles. The maximum atomic E-state index is 11.6. The number of amides is 1. The normalized spacial score (nSPS) is 25.6. The molecule has 5 nitrogen and oxygen atoms in total. The summed E-state index contributed by atoms with van der Waals surface area (Å²) < 4.78 is 22.4. The van der Waals surface area contributed by atoms with Crippen molar-refractivity contribution in [3.8, 4) is 0 Å². The fourth-order valence-corrected chi connectivity index (χ4v) is 3.51. The highest BCUT2D eigenvalue weighted by Gasteiger charge is 2.30. The van der Waals surface area contributed by atoms with Gasteiger partial charge in [-0.1, -0.05) is 13.8 Å². The lowest BCUT2D eigenvalue weighted by Gasteiger charge is -2.17. The van der Waals surface area contributed by atoms with Gasteiger partial charge in [0.2, 0.25) is 5.91 Å². The molecule has 0 aromatic heterocycles. The molecule has 1 unspecified atom stereocenters. The van der Waals surface area contributed by atoms with Crippen LogP contribution in [0.5, 0.6) is 0 Å². The van der Waals surface area contributed by atoms with Gasteiger partial charge in [-0.2, -0.15) is 0 Å². The Kier molecular flexibility index (Phi) is 4.32. The second kappa shape index (κ2) is 5.14. The van der Waals surface area contributed by atoms with Crippen LogP contribution in [0, 0.1) is 5.92 Å². The molecular formula is C10H20N2O3S. The fourth-order valence-electron chi connectivity index (χ4n) is 1.83. The lowest BCUT2D eigenvalue weighted by Crippen LogP contribution is -2.46. The quantitative estimate of drug-likeness (QED) is 0.712. The molecule has 0 aromatic rings. The molecule has 0 radical (unpaired) electrons. The molecule has 1 aliphatic rings. The van der Waals surface area contributed by atoms with E-state index in [1.807, 2.05) is 13.8 Å². The zero-order valence-electron chi connectivity index (χ0n) is 9.77. The van der Waals surface area contributed by atoms with Crippen molar-refractivity contribution in [2.45, 2.75) is 38.8 Å². The van der Waals surface area contributed by atoms with Crippen LogP contribution in [-0.4, -0.2) is 37.9 Å². The summed E-state index contributed by atoms with van der Waals surface area (Å²) in [5.74, 6) is 0.327. The van der Waals surface area contributed by atoms with Crippen molar-refractivity contribution in [1.29, 1.82) is 0 Å². The number of sulfone groups is 1. The molecule has 0 aliphatic carbocycles. The van der Waals surface area contributed by atoms with E-state index in [-0.39, 0.29) is 23.5 Å². The van der Waals surface area contributed by atoms with Crippen LogP contribution < -0.4 is 11.1 Å². The Hall–Kier alpha value is -0.620.